The molecule has 1 fully saturated rings. The summed E-state index contributed by atoms with van der Waals surface area (Å²) >= 11 is 1.57. The summed E-state index contributed by atoms with van der Waals surface area (Å²) in [7, 11) is -4.13. The maximum Gasteiger partial charge on any atom is 0.244 e. The molecule has 1 aliphatic heterocycles. The van der Waals surface area contributed by atoms with E-state index < -0.39 is 26.8 Å². The molecule has 1 N–H and O–H groups in total. The SMILES string of the molecule is Cc1csc(N2CCCN(C(=O)[C@H](C)NS(=O)(=O)c3ccccc3F)CC2)n1. The Labute approximate surface area is 168 Å². The standard InChI is InChI=1S/C18H23FN4O3S2/c1-13-12-27-18(20-13)23-9-5-8-22(10-11-23)17(24)14(2)21-28(25,26)16-7-4-3-6-15(16)19/h3-4,6-7,12,14,21H,5,8-11H2,1-2H3/t14-/m0/s1. The average molecular weight is 427 g/mol. The molecule has 1 saturated heterocycles. The van der Waals surface area contributed by atoms with Crippen molar-refractivity contribution in [3.63, 3.8) is 0 Å². The van der Waals surface area contributed by atoms with Crippen molar-refractivity contribution in [3.05, 3.63) is 41.2 Å². The number of carbonyl (C=O) groups is 1. The van der Waals surface area contributed by atoms with E-state index in [0.717, 1.165) is 29.9 Å². The topological polar surface area (TPSA) is 82.6 Å². The molecule has 152 valence electrons. The third-order valence-electron chi connectivity index (χ3n) is 4.51. The number of aryl methyl sites for hydroxylation is 1. The molecule has 0 radical (unpaired) electrons. The zero-order valence-electron chi connectivity index (χ0n) is 15.8. The lowest BCUT2D eigenvalue weighted by atomic mass is 10.3. The number of nitrogens with one attached hydrogen (secondary N) is 1. The normalized spacial score (nSPS) is 16.7. The largest absolute Gasteiger partial charge is 0.346 e. The second-order valence-corrected chi connectivity index (χ2v) is 9.23. The summed E-state index contributed by atoms with van der Waals surface area (Å²) < 4.78 is 41.0. The molecule has 1 atom stereocenters. The first-order valence-corrected chi connectivity index (χ1v) is 11.4. The summed E-state index contributed by atoms with van der Waals surface area (Å²) in [6, 6.07) is 4.11. The van der Waals surface area contributed by atoms with Crippen molar-refractivity contribution >= 4 is 32.4 Å². The molecule has 10 heteroatoms. The Kier molecular flexibility index (Phi) is 6.31. The van der Waals surface area contributed by atoms with E-state index >= 15 is 0 Å². The van der Waals surface area contributed by atoms with E-state index in [0.29, 0.717) is 19.6 Å². The lowest BCUT2D eigenvalue weighted by Crippen LogP contribution is -2.48. The molecule has 0 bridgehead atoms. The lowest BCUT2D eigenvalue weighted by molar-refractivity contribution is -0.132. The Hall–Kier alpha value is -2.04. The second-order valence-electron chi connectivity index (χ2n) is 6.71. The molecule has 2 heterocycles. The van der Waals surface area contributed by atoms with Crippen LogP contribution < -0.4 is 9.62 Å². The molecule has 7 nitrogen and oxygen atoms in total. The van der Waals surface area contributed by atoms with Gasteiger partial charge in [-0.2, -0.15) is 4.72 Å². The Morgan fingerprint density at radius 3 is 2.68 bits per heavy atom. The van der Waals surface area contributed by atoms with Crippen LogP contribution in [0.4, 0.5) is 9.52 Å². The third-order valence-corrected chi connectivity index (χ3v) is 7.11. The Morgan fingerprint density at radius 2 is 2.00 bits per heavy atom. The van der Waals surface area contributed by atoms with Gasteiger partial charge in [0.2, 0.25) is 15.9 Å². The summed E-state index contributed by atoms with van der Waals surface area (Å²) in [5.74, 6) is -1.17. The van der Waals surface area contributed by atoms with Gasteiger partial charge in [-0.3, -0.25) is 4.79 Å². The van der Waals surface area contributed by atoms with Crippen LogP contribution in [0.15, 0.2) is 34.5 Å². The number of anilines is 1. The number of nitrogens with zero attached hydrogens (tertiary/aromatic N) is 3. The van der Waals surface area contributed by atoms with Gasteiger partial charge in [0, 0.05) is 31.6 Å². The number of halogens is 1. The molecule has 1 aromatic heterocycles. The van der Waals surface area contributed by atoms with Gasteiger partial charge in [-0.15, -0.1) is 11.3 Å². The first kappa shape index (κ1) is 20.7. The van der Waals surface area contributed by atoms with Crippen LogP contribution in [0.1, 0.15) is 19.0 Å². The molecule has 0 aliphatic carbocycles. The van der Waals surface area contributed by atoms with Gasteiger partial charge in [-0.05, 0) is 32.4 Å². The molecule has 28 heavy (non-hydrogen) atoms. The monoisotopic (exact) mass is 426 g/mol. The molecular formula is C18H23FN4O3S2. The highest BCUT2D eigenvalue weighted by Crippen LogP contribution is 2.21. The molecule has 3 rings (SSSR count). The Balaban J connectivity index is 1.64. The molecule has 1 amide bonds. The fourth-order valence-corrected chi connectivity index (χ4v) is 5.23. The van der Waals surface area contributed by atoms with Crippen molar-refractivity contribution in [1.29, 1.82) is 0 Å². The van der Waals surface area contributed by atoms with Crippen molar-refractivity contribution in [2.24, 2.45) is 0 Å². The first-order chi connectivity index (χ1) is 13.3. The fourth-order valence-electron chi connectivity index (χ4n) is 3.10. The van der Waals surface area contributed by atoms with Crippen molar-refractivity contribution in [1.82, 2.24) is 14.6 Å². The van der Waals surface area contributed by atoms with Gasteiger partial charge in [-0.25, -0.2) is 17.8 Å². The summed E-state index contributed by atoms with van der Waals surface area (Å²) in [5, 5.41) is 2.92. The number of thiazole rings is 1. The Bertz CT molecular complexity index is 948. The van der Waals surface area contributed by atoms with Gasteiger partial charge in [-0.1, -0.05) is 12.1 Å². The number of aromatic nitrogens is 1. The zero-order valence-corrected chi connectivity index (χ0v) is 17.4. The molecule has 0 spiro atoms. The van der Waals surface area contributed by atoms with Crippen molar-refractivity contribution in [2.45, 2.75) is 31.2 Å². The van der Waals surface area contributed by atoms with Crippen LogP contribution in [0, 0.1) is 12.7 Å². The lowest BCUT2D eigenvalue weighted by Gasteiger charge is -2.25. The van der Waals surface area contributed by atoms with Crippen molar-refractivity contribution in [2.75, 3.05) is 31.1 Å². The molecule has 1 aromatic carbocycles. The number of sulfonamides is 1. The average Bonchev–Trinajstić information content (AvgIpc) is 2.93. The molecule has 0 unspecified atom stereocenters. The predicted octanol–water partition coefficient (Wildman–Crippen LogP) is 2.00. The van der Waals surface area contributed by atoms with Gasteiger partial charge in [0.1, 0.15) is 10.7 Å². The quantitative estimate of drug-likeness (QED) is 0.791. The van der Waals surface area contributed by atoms with E-state index in [1.807, 2.05) is 12.3 Å². The summed E-state index contributed by atoms with van der Waals surface area (Å²) in [4.78, 5) is 20.6. The summed E-state index contributed by atoms with van der Waals surface area (Å²) in [6.07, 6.45) is 0.761. The fraction of sp³-hybridized carbons (Fsp3) is 0.444. The maximum atomic E-state index is 13.8. The van der Waals surface area contributed by atoms with Crippen LogP contribution in [-0.2, 0) is 14.8 Å². The van der Waals surface area contributed by atoms with Crippen LogP contribution in [0.3, 0.4) is 0 Å². The van der Waals surface area contributed by atoms with Crippen LogP contribution in [0.2, 0.25) is 0 Å². The highest BCUT2D eigenvalue weighted by Gasteiger charge is 2.28. The number of carbonyl (C=O) groups excluding carboxylic acids is 1. The second kappa shape index (κ2) is 8.54. The number of hydrogen-bond donors (Lipinski definition) is 1. The van der Waals surface area contributed by atoms with E-state index in [1.54, 1.807) is 16.2 Å². The van der Waals surface area contributed by atoms with E-state index in [2.05, 4.69) is 14.6 Å². The van der Waals surface area contributed by atoms with E-state index in [4.69, 9.17) is 0 Å². The first-order valence-electron chi connectivity index (χ1n) is 9.00. The third kappa shape index (κ3) is 4.68. The summed E-state index contributed by atoms with van der Waals surface area (Å²) in [5.41, 5.74) is 0.966. The number of hydrogen-bond acceptors (Lipinski definition) is 6. The molecule has 1 aliphatic rings. The van der Waals surface area contributed by atoms with E-state index in [1.165, 1.54) is 25.1 Å². The van der Waals surface area contributed by atoms with Gasteiger partial charge in [0.25, 0.3) is 0 Å². The molecule has 2 aromatic rings. The van der Waals surface area contributed by atoms with E-state index in [-0.39, 0.29) is 5.91 Å². The molecule has 0 saturated carbocycles. The molecular weight excluding hydrogens is 403 g/mol. The number of benzene rings is 1. The summed E-state index contributed by atoms with van der Waals surface area (Å²) in [6.45, 7) is 5.84. The minimum absolute atomic E-state index is 0.322. The smallest absolute Gasteiger partial charge is 0.244 e. The van der Waals surface area contributed by atoms with Gasteiger partial charge < -0.3 is 9.80 Å². The number of rotatable bonds is 5. The minimum atomic E-state index is -4.13. The van der Waals surface area contributed by atoms with Gasteiger partial charge in [0.15, 0.2) is 5.13 Å². The maximum absolute atomic E-state index is 13.8. The highest BCUT2D eigenvalue weighted by atomic mass is 32.2. The Morgan fingerprint density at radius 1 is 1.25 bits per heavy atom. The van der Waals surface area contributed by atoms with Crippen molar-refractivity contribution < 1.29 is 17.6 Å². The van der Waals surface area contributed by atoms with Crippen LogP contribution in [0.5, 0.6) is 0 Å². The highest BCUT2D eigenvalue weighted by molar-refractivity contribution is 7.89. The van der Waals surface area contributed by atoms with Gasteiger partial charge >= 0.3 is 0 Å². The van der Waals surface area contributed by atoms with Crippen LogP contribution in [0.25, 0.3) is 0 Å². The van der Waals surface area contributed by atoms with Crippen LogP contribution in [-0.4, -0.2) is 56.4 Å². The van der Waals surface area contributed by atoms with Crippen molar-refractivity contribution in [3.8, 4) is 0 Å². The zero-order chi connectivity index (χ0) is 20.3. The van der Waals surface area contributed by atoms with E-state index in [9.17, 15) is 17.6 Å². The number of amides is 1. The van der Waals surface area contributed by atoms with Crippen LogP contribution >= 0.6 is 11.3 Å². The van der Waals surface area contributed by atoms with Gasteiger partial charge in [0.05, 0.1) is 11.7 Å². The minimum Gasteiger partial charge on any atom is -0.346 e. The predicted molar refractivity (Wildman–Crippen MR) is 106 cm³/mol.